The first-order valence-corrected chi connectivity index (χ1v) is 8.93. The summed E-state index contributed by atoms with van der Waals surface area (Å²) in [6.07, 6.45) is 4.49. The van der Waals surface area contributed by atoms with Gasteiger partial charge in [0.25, 0.3) is 0 Å². The van der Waals surface area contributed by atoms with Gasteiger partial charge in [-0.25, -0.2) is 0 Å². The van der Waals surface area contributed by atoms with E-state index in [2.05, 4.69) is 98.8 Å². The lowest BCUT2D eigenvalue weighted by atomic mass is 9.69. The Hall–Kier alpha value is -2.86. The van der Waals surface area contributed by atoms with Crippen LogP contribution in [0.1, 0.15) is 36.1 Å². The number of allylic oxidation sites excluding steroid dienone is 4. The summed E-state index contributed by atoms with van der Waals surface area (Å²) < 4.78 is 0. The fraction of sp³-hybridized carbons (Fsp3) is 0.120. The molecule has 1 spiro atoms. The largest absolute Gasteiger partial charge is 0.0873 e. The average molecular weight is 320 g/mol. The lowest BCUT2D eigenvalue weighted by molar-refractivity contribution is 0.785. The Morgan fingerprint density at radius 3 is 1.60 bits per heavy atom. The maximum atomic E-state index is 2.31. The van der Waals surface area contributed by atoms with E-state index < -0.39 is 0 Å². The Kier molecular flexibility index (Phi) is 2.93. The van der Waals surface area contributed by atoms with Crippen molar-refractivity contribution in [3.8, 4) is 11.1 Å². The van der Waals surface area contributed by atoms with Crippen molar-refractivity contribution < 1.29 is 0 Å². The van der Waals surface area contributed by atoms with Crippen LogP contribution in [0.15, 0.2) is 90.5 Å². The molecule has 25 heavy (non-hydrogen) atoms. The van der Waals surface area contributed by atoms with E-state index in [9.17, 15) is 0 Å². The summed E-state index contributed by atoms with van der Waals surface area (Å²) in [5, 5.41) is 0. The lowest BCUT2D eigenvalue weighted by Crippen LogP contribution is -2.26. The van der Waals surface area contributed by atoms with Gasteiger partial charge in [0.2, 0.25) is 0 Å². The Morgan fingerprint density at radius 1 is 0.640 bits per heavy atom. The van der Waals surface area contributed by atoms with Crippen molar-refractivity contribution in [3.05, 3.63) is 113 Å². The molecule has 0 radical (unpaired) electrons. The van der Waals surface area contributed by atoms with Gasteiger partial charge < -0.3 is 0 Å². The zero-order chi connectivity index (χ0) is 17.0. The molecule has 3 aromatic rings. The highest BCUT2D eigenvalue weighted by molar-refractivity contribution is 5.94. The third-order valence-electron chi connectivity index (χ3n) is 5.83. The fourth-order valence-electron chi connectivity index (χ4n) is 4.94. The van der Waals surface area contributed by atoms with Crippen LogP contribution in [0.4, 0.5) is 0 Å². The molecular formula is C25H20. The topological polar surface area (TPSA) is 0 Å². The molecular weight excluding hydrogens is 300 g/mol. The zero-order valence-electron chi connectivity index (χ0n) is 14.6. The number of benzene rings is 3. The van der Waals surface area contributed by atoms with Crippen LogP contribution in [-0.2, 0) is 5.41 Å². The molecule has 2 aliphatic carbocycles. The van der Waals surface area contributed by atoms with E-state index in [4.69, 9.17) is 0 Å². The number of hydrogen-bond acceptors (Lipinski definition) is 0. The molecule has 0 amide bonds. The molecule has 0 saturated carbocycles. The van der Waals surface area contributed by atoms with Gasteiger partial charge in [-0.1, -0.05) is 84.9 Å². The minimum Gasteiger partial charge on any atom is -0.0873 e. The van der Waals surface area contributed by atoms with Crippen LogP contribution in [0.2, 0.25) is 0 Å². The summed E-state index contributed by atoms with van der Waals surface area (Å²) in [5.74, 6) is 0. The summed E-state index contributed by atoms with van der Waals surface area (Å²) in [6.45, 7) is 4.39. The standard InChI is InChI=1S/C25H20/c1-3-10-21-17(2)18-11-4-7-14-22(18)25(21)23-15-8-5-12-19(23)20-13-6-9-16-24(20)25/h3-16H,1-2H3/b10-3-. The molecule has 0 heterocycles. The molecule has 0 aliphatic heterocycles. The van der Waals surface area contributed by atoms with E-state index in [-0.39, 0.29) is 5.41 Å². The second kappa shape index (κ2) is 5.07. The highest BCUT2D eigenvalue weighted by atomic mass is 14.5. The summed E-state index contributed by atoms with van der Waals surface area (Å²) in [4.78, 5) is 0. The first-order valence-electron chi connectivity index (χ1n) is 8.93. The Labute approximate surface area is 149 Å². The molecule has 0 aromatic heterocycles. The molecule has 0 saturated heterocycles. The van der Waals surface area contributed by atoms with E-state index >= 15 is 0 Å². The van der Waals surface area contributed by atoms with Gasteiger partial charge in [-0.2, -0.15) is 0 Å². The third kappa shape index (κ3) is 1.62. The molecule has 0 unspecified atom stereocenters. The first kappa shape index (κ1) is 14.5. The Balaban J connectivity index is 2.02. The van der Waals surface area contributed by atoms with E-state index in [0.29, 0.717) is 0 Å². The summed E-state index contributed by atoms with van der Waals surface area (Å²) >= 11 is 0. The maximum Gasteiger partial charge on any atom is 0.0722 e. The lowest BCUT2D eigenvalue weighted by Gasteiger charge is -2.31. The highest BCUT2D eigenvalue weighted by Gasteiger charge is 2.51. The number of fused-ring (bicyclic) bond motifs is 7. The van der Waals surface area contributed by atoms with Gasteiger partial charge in [-0.3, -0.25) is 0 Å². The van der Waals surface area contributed by atoms with Gasteiger partial charge in [0, 0.05) is 0 Å². The van der Waals surface area contributed by atoms with E-state index in [1.54, 1.807) is 0 Å². The van der Waals surface area contributed by atoms with Gasteiger partial charge >= 0.3 is 0 Å². The monoisotopic (exact) mass is 320 g/mol. The van der Waals surface area contributed by atoms with Gasteiger partial charge in [-0.15, -0.1) is 0 Å². The summed E-state index contributed by atoms with van der Waals surface area (Å²) in [6, 6.07) is 26.7. The second-order valence-electron chi connectivity index (χ2n) is 6.93. The Morgan fingerprint density at radius 2 is 1.08 bits per heavy atom. The molecule has 0 nitrogen and oxygen atoms in total. The zero-order valence-corrected chi connectivity index (χ0v) is 14.6. The maximum absolute atomic E-state index is 2.31. The van der Waals surface area contributed by atoms with Gasteiger partial charge in [0.05, 0.1) is 5.41 Å². The van der Waals surface area contributed by atoms with Gasteiger partial charge in [-0.05, 0) is 58.4 Å². The molecule has 5 rings (SSSR count). The highest BCUT2D eigenvalue weighted by Crippen LogP contribution is 2.61. The van der Waals surface area contributed by atoms with Crippen LogP contribution in [0.3, 0.4) is 0 Å². The smallest absolute Gasteiger partial charge is 0.0722 e. The predicted molar refractivity (Wildman–Crippen MR) is 106 cm³/mol. The van der Waals surface area contributed by atoms with Crippen LogP contribution in [0.25, 0.3) is 16.7 Å². The minimum absolute atomic E-state index is 0.180. The molecule has 0 N–H and O–H groups in total. The molecule has 0 fully saturated rings. The summed E-state index contributed by atoms with van der Waals surface area (Å²) in [7, 11) is 0. The van der Waals surface area contributed by atoms with Crippen LogP contribution >= 0.6 is 0 Å². The SMILES string of the molecule is C/C=C\C1=C(C)c2ccccc2C12c1ccccc1-c1ccccc12. The van der Waals surface area contributed by atoms with Crippen molar-refractivity contribution in [2.24, 2.45) is 0 Å². The number of rotatable bonds is 1. The fourth-order valence-corrected chi connectivity index (χ4v) is 4.94. The quantitative estimate of drug-likeness (QED) is 0.489. The van der Waals surface area contributed by atoms with E-state index in [0.717, 1.165) is 0 Å². The third-order valence-corrected chi connectivity index (χ3v) is 5.83. The molecule has 0 bridgehead atoms. The minimum atomic E-state index is -0.180. The van der Waals surface area contributed by atoms with Crippen molar-refractivity contribution in [2.45, 2.75) is 19.3 Å². The van der Waals surface area contributed by atoms with Crippen LogP contribution in [-0.4, -0.2) is 0 Å². The second-order valence-corrected chi connectivity index (χ2v) is 6.93. The van der Waals surface area contributed by atoms with E-state index in [1.807, 2.05) is 0 Å². The molecule has 2 aliphatic rings. The van der Waals surface area contributed by atoms with Crippen LogP contribution < -0.4 is 0 Å². The van der Waals surface area contributed by atoms with Gasteiger partial charge in [0.1, 0.15) is 0 Å². The van der Waals surface area contributed by atoms with Crippen molar-refractivity contribution in [1.82, 2.24) is 0 Å². The van der Waals surface area contributed by atoms with Gasteiger partial charge in [0.15, 0.2) is 0 Å². The van der Waals surface area contributed by atoms with Crippen molar-refractivity contribution in [1.29, 1.82) is 0 Å². The predicted octanol–water partition coefficient (Wildman–Crippen LogP) is 6.36. The normalized spacial score (nSPS) is 16.4. The van der Waals surface area contributed by atoms with Crippen molar-refractivity contribution >= 4 is 5.57 Å². The molecule has 3 aromatic carbocycles. The van der Waals surface area contributed by atoms with Crippen LogP contribution in [0.5, 0.6) is 0 Å². The Bertz CT molecular complexity index is 1020. The van der Waals surface area contributed by atoms with Crippen LogP contribution in [0, 0.1) is 0 Å². The molecule has 0 atom stereocenters. The van der Waals surface area contributed by atoms with Crippen molar-refractivity contribution in [3.63, 3.8) is 0 Å². The number of hydrogen-bond donors (Lipinski definition) is 0. The molecule has 120 valence electrons. The van der Waals surface area contributed by atoms with Crippen molar-refractivity contribution in [2.75, 3.05) is 0 Å². The van der Waals surface area contributed by atoms with E-state index in [1.165, 1.54) is 44.5 Å². The summed E-state index contributed by atoms with van der Waals surface area (Å²) in [5.41, 5.74) is 11.0. The first-order chi connectivity index (χ1) is 12.3. The average Bonchev–Trinajstić information content (AvgIpc) is 3.10. The molecule has 0 heteroatoms.